The van der Waals surface area contributed by atoms with Crippen LogP contribution in [-0.4, -0.2) is 45.8 Å². The Balaban J connectivity index is 1.93. The van der Waals surface area contributed by atoms with Gasteiger partial charge in [-0.2, -0.15) is 5.10 Å². The summed E-state index contributed by atoms with van der Waals surface area (Å²) in [6.07, 6.45) is 2.77. The Hall–Kier alpha value is -1.59. The number of hydrogen-bond acceptors (Lipinski definition) is 3. The molecule has 0 atom stereocenters. The second-order valence-corrected chi connectivity index (χ2v) is 5.54. The SMILES string of the molecule is CN=C(NCc1ncnn1C)N1CCC(C)(C)C1. The third-order valence-corrected chi connectivity index (χ3v) is 3.40. The Morgan fingerprint density at radius 1 is 1.56 bits per heavy atom. The van der Waals surface area contributed by atoms with Gasteiger partial charge in [-0.25, -0.2) is 4.98 Å². The molecule has 0 radical (unpaired) electrons. The van der Waals surface area contributed by atoms with Crippen molar-refractivity contribution in [3.8, 4) is 0 Å². The maximum atomic E-state index is 4.34. The fourth-order valence-corrected chi connectivity index (χ4v) is 2.26. The molecule has 1 aromatic heterocycles. The zero-order chi connectivity index (χ0) is 13.2. The second kappa shape index (κ2) is 4.96. The Labute approximate surface area is 108 Å². The highest BCUT2D eigenvalue weighted by Gasteiger charge is 2.30. The van der Waals surface area contributed by atoms with Gasteiger partial charge in [0.2, 0.25) is 0 Å². The van der Waals surface area contributed by atoms with Gasteiger partial charge in [0.1, 0.15) is 12.2 Å². The normalized spacial score (nSPS) is 19.3. The molecule has 0 spiro atoms. The van der Waals surface area contributed by atoms with Gasteiger partial charge in [-0.05, 0) is 11.8 Å². The van der Waals surface area contributed by atoms with Crippen molar-refractivity contribution >= 4 is 5.96 Å². The molecule has 100 valence electrons. The van der Waals surface area contributed by atoms with Gasteiger partial charge in [0.25, 0.3) is 0 Å². The average molecular weight is 250 g/mol. The molecule has 18 heavy (non-hydrogen) atoms. The van der Waals surface area contributed by atoms with E-state index in [0.717, 1.165) is 24.9 Å². The minimum absolute atomic E-state index is 0.377. The van der Waals surface area contributed by atoms with Gasteiger partial charge in [-0.1, -0.05) is 13.8 Å². The number of aryl methyl sites for hydroxylation is 1. The number of guanidine groups is 1. The topological polar surface area (TPSA) is 58.3 Å². The van der Waals surface area contributed by atoms with Crippen LogP contribution >= 0.6 is 0 Å². The molecular formula is C12H22N6. The van der Waals surface area contributed by atoms with E-state index in [4.69, 9.17) is 0 Å². The third kappa shape index (κ3) is 2.80. The number of rotatable bonds is 2. The van der Waals surface area contributed by atoms with Crippen LogP contribution in [0.2, 0.25) is 0 Å². The van der Waals surface area contributed by atoms with Crippen LogP contribution in [0.3, 0.4) is 0 Å². The Kier molecular flexibility index (Phi) is 3.54. The van der Waals surface area contributed by atoms with Crippen LogP contribution < -0.4 is 5.32 Å². The zero-order valence-electron chi connectivity index (χ0n) is 11.6. The number of nitrogens with one attached hydrogen (secondary N) is 1. The number of nitrogens with zero attached hydrogens (tertiary/aromatic N) is 5. The van der Waals surface area contributed by atoms with Crippen molar-refractivity contribution in [2.75, 3.05) is 20.1 Å². The van der Waals surface area contributed by atoms with Gasteiger partial charge in [0.15, 0.2) is 5.96 Å². The monoisotopic (exact) mass is 250 g/mol. The second-order valence-electron chi connectivity index (χ2n) is 5.54. The van der Waals surface area contributed by atoms with Crippen LogP contribution in [0.5, 0.6) is 0 Å². The molecule has 1 N–H and O–H groups in total. The summed E-state index contributed by atoms with van der Waals surface area (Å²) in [7, 11) is 3.72. The Bertz CT molecular complexity index is 434. The molecule has 6 heteroatoms. The molecule has 1 aromatic rings. The van der Waals surface area contributed by atoms with E-state index < -0.39 is 0 Å². The molecule has 0 unspecified atom stereocenters. The van der Waals surface area contributed by atoms with Crippen molar-refractivity contribution in [1.29, 1.82) is 0 Å². The number of hydrogen-bond donors (Lipinski definition) is 1. The first-order chi connectivity index (χ1) is 8.52. The minimum Gasteiger partial charge on any atom is -0.349 e. The predicted molar refractivity (Wildman–Crippen MR) is 71.2 cm³/mol. The first-order valence-corrected chi connectivity index (χ1v) is 6.30. The van der Waals surface area contributed by atoms with E-state index in [1.54, 1.807) is 11.0 Å². The molecule has 0 aromatic carbocycles. The Morgan fingerprint density at radius 3 is 2.83 bits per heavy atom. The summed E-state index contributed by atoms with van der Waals surface area (Å²) in [5.41, 5.74) is 0.377. The summed E-state index contributed by atoms with van der Waals surface area (Å²) in [6, 6.07) is 0. The molecule has 2 heterocycles. The number of aromatic nitrogens is 3. The lowest BCUT2D eigenvalue weighted by Crippen LogP contribution is -2.40. The Morgan fingerprint density at radius 2 is 2.33 bits per heavy atom. The molecular weight excluding hydrogens is 228 g/mol. The van der Waals surface area contributed by atoms with Gasteiger partial charge in [-0.3, -0.25) is 9.67 Å². The standard InChI is InChI=1S/C12H22N6/c1-12(2)5-6-18(8-12)11(13-3)14-7-10-15-9-16-17(10)4/h9H,5-8H2,1-4H3,(H,13,14). The summed E-state index contributed by atoms with van der Waals surface area (Å²) in [5.74, 6) is 1.86. The van der Waals surface area contributed by atoms with Gasteiger partial charge < -0.3 is 10.2 Å². The van der Waals surface area contributed by atoms with Crippen molar-refractivity contribution in [1.82, 2.24) is 25.0 Å². The quantitative estimate of drug-likeness (QED) is 0.617. The van der Waals surface area contributed by atoms with Gasteiger partial charge in [0, 0.05) is 27.2 Å². The summed E-state index contributed by atoms with van der Waals surface area (Å²) in [5, 5.41) is 7.40. The van der Waals surface area contributed by atoms with Gasteiger partial charge >= 0.3 is 0 Å². The van der Waals surface area contributed by atoms with Crippen LogP contribution in [-0.2, 0) is 13.6 Å². The molecule has 0 aliphatic carbocycles. The van der Waals surface area contributed by atoms with E-state index in [9.17, 15) is 0 Å². The van der Waals surface area contributed by atoms with E-state index in [1.165, 1.54) is 6.42 Å². The molecule has 2 rings (SSSR count). The van der Waals surface area contributed by atoms with E-state index in [2.05, 4.69) is 39.1 Å². The molecule has 1 aliphatic rings. The minimum atomic E-state index is 0.377. The van der Waals surface area contributed by atoms with Gasteiger partial charge in [-0.15, -0.1) is 0 Å². The van der Waals surface area contributed by atoms with Crippen molar-refractivity contribution in [3.63, 3.8) is 0 Å². The van der Waals surface area contributed by atoms with Crippen LogP contribution in [0.25, 0.3) is 0 Å². The molecule has 1 aliphatic heterocycles. The lowest BCUT2D eigenvalue weighted by atomic mass is 9.93. The third-order valence-electron chi connectivity index (χ3n) is 3.40. The van der Waals surface area contributed by atoms with Crippen molar-refractivity contribution < 1.29 is 0 Å². The molecule has 0 amide bonds. The lowest BCUT2D eigenvalue weighted by molar-refractivity contribution is 0.369. The molecule has 1 saturated heterocycles. The first-order valence-electron chi connectivity index (χ1n) is 6.30. The number of aliphatic imine (C=N–C) groups is 1. The number of likely N-dealkylation sites (tertiary alicyclic amines) is 1. The van der Waals surface area contributed by atoms with Crippen molar-refractivity contribution in [2.24, 2.45) is 17.5 Å². The van der Waals surface area contributed by atoms with Crippen molar-refractivity contribution in [3.05, 3.63) is 12.2 Å². The van der Waals surface area contributed by atoms with E-state index >= 15 is 0 Å². The van der Waals surface area contributed by atoms with Crippen LogP contribution in [0.15, 0.2) is 11.3 Å². The maximum absolute atomic E-state index is 4.34. The average Bonchev–Trinajstić information content (AvgIpc) is 2.87. The summed E-state index contributed by atoms with van der Waals surface area (Å²) >= 11 is 0. The zero-order valence-corrected chi connectivity index (χ0v) is 11.6. The smallest absolute Gasteiger partial charge is 0.194 e. The first kappa shape index (κ1) is 12.9. The van der Waals surface area contributed by atoms with Crippen LogP contribution in [0.1, 0.15) is 26.1 Å². The maximum Gasteiger partial charge on any atom is 0.194 e. The molecule has 1 fully saturated rings. The highest BCUT2D eigenvalue weighted by atomic mass is 15.3. The predicted octanol–water partition coefficient (Wildman–Crippen LogP) is 0.622. The lowest BCUT2D eigenvalue weighted by Gasteiger charge is -2.23. The summed E-state index contributed by atoms with van der Waals surface area (Å²) in [6.45, 7) is 7.35. The fraction of sp³-hybridized carbons (Fsp3) is 0.750. The highest BCUT2D eigenvalue weighted by molar-refractivity contribution is 5.80. The van der Waals surface area contributed by atoms with Gasteiger partial charge in [0.05, 0.1) is 6.54 Å². The largest absolute Gasteiger partial charge is 0.349 e. The summed E-state index contributed by atoms with van der Waals surface area (Å²) < 4.78 is 1.77. The fourth-order valence-electron chi connectivity index (χ4n) is 2.26. The summed E-state index contributed by atoms with van der Waals surface area (Å²) in [4.78, 5) is 10.8. The molecule has 6 nitrogen and oxygen atoms in total. The molecule has 0 bridgehead atoms. The highest BCUT2D eigenvalue weighted by Crippen LogP contribution is 2.28. The van der Waals surface area contributed by atoms with Crippen molar-refractivity contribution in [2.45, 2.75) is 26.8 Å². The van der Waals surface area contributed by atoms with E-state index in [-0.39, 0.29) is 0 Å². The molecule has 0 saturated carbocycles. The van der Waals surface area contributed by atoms with E-state index in [0.29, 0.717) is 12.0 Å². The van der Waals surface area contributed by atoms with E-state index in [1.807, 2.05) is 14.1 Å². The van der Waals surface area contributed by atoms with Crippen LogP contribution in [0.4, 0.5) is 0 Å². The van der Waals surface area contributed by atoms with Crippen LogP contribution in [0, 0.1) is 5.41 Å².